The van der Waals surface area contributed by atoms with Crippen molar-refractivity contribution in [3.8, 4) is 0 Å². The van der Waals surface area contributed by atoms with Crippen LogP contribution in [0.25, 0.3) is 0 Å². The third-order valence-electron chi connectivity index (χ3n) is 4.64. The Kier molecular flexibility index (Phi) is 4.92. The lowest BCUT2D eigenvalue weighted by atomic mass is 10.0. The number of amides is 1. The fraction of sp³-hybridized carbons (Fsp3) is 0.474. The van der Waals surface area contributed by atoms with Crippen LogP contribution in [0, 0.1) is 13.8 Å². The van der Waals surface area contributed by atoms with Gasteiger partial charge < -0.3 is 14.4 Å². The molecule has 0 saturated carbocycles. The molecule has 2 heterocycles. The molecule has 1 aromatic carbocycles. The largest absolute Gasteiger partial charge is 0.436 e. The maximum absolute atomic E-state index is 12.5. The van der Waals surface area contributed by atoms with E-state index >= 15 is 0 Å². The van der Waals surface area contributed by atoms with Gasteiger partial charge >= 0.3 is 0 Å². The number of aromatic nitrogens is 1. The van der Waals surface area contributed by atoms with Crippen molar-refractivity contribution in [1.29, 1.82) is 0 Å². The van der Waals surface area contributed by atoms with Gasteiger partial charge in [0.05, 0.1) is 17.8 Å². The number of likely N-dealkylation sites (tertiary alicyclic amines) is 1. The fourth-order valence-electron chi connectivity index (χ4n) is 3.46. The van der Waals surface area contributed by atoms with E-state index in [0.717, 1.165) is 13.1 Å². The van der Waals surface area contributed by atoms with Gasteiger partial charge in [0.2, 0.25) is 5.76 Å². The predicted molar refractivity (Wildman–Crippen MR) is 94.2 cm³/mol. The molecule has 0 bridgehead atoms. The van der Waals surface area contributed by atoms with E-state index in [1.807, 2.05) is 18.2 Å². The summed E-state index contributed by atoms with van der Waals surface area (Å²) < 4.78 is 5.40. The molecule has 1 N–H and O–H groups in total. The van der Waals surface area contributed by atoms with E-state index in [1.54, 1.807) is 20.9 Å². The molecule has 134 valence electrons. The number of hydrogen-bond acceptors (Lipinski definition) is 5. The van der Waals surface area contributed by atoms with Crippen molar-refractivity contribution in [1.82, 2.24) is 14.8 Å². The molecule has 1 aromatic heterocycles. The Morgan fingerprint density at radius 1 is 1.36 bits per heavy atom. The maximum atomic E-state index is 12.5. The first-order chi connectivity index (χ1) is 11.9. The van der Waals surface area contributed by atoms with Gasteiger partial charge in [0, 0.05) is 33.6 Å². The van der Waals surface area contributed by atoms with Crippen LogP contribution >= 0.6 is 0 Å². The minimum Gasteiger partial charge on any atom is -0.436 e. The SMILES string of the molecule is Cc1nc(C)c(C(=O)N(C)CC2(O)CCN(Cc3ccccc3)C2)o1. The van der Waals surface area contributed by atoms with Crippen LogP contribution in [0.5, 0.6) is 0 Å². The zero-order valence-corrected chi connectivity index (χ0v) is 15.0. The molecule has 0 aliphatic carbocycles. The van der Waals surface area contributed by atoms with Gasteiger partial charge in [0.1, 0.15) is 0 Å². The number of β-amino-alcohol motifs (C(OH)–C–C–N with tert-alkyl or cyclic N) is 1. The molecule has 25 heavy (non-hydrogen) atoms. The number of nitrogens with zero attached hydrogens (tertiary/aromatic N) is 3. The van der Waals surface area contributed by atoms with Crippen LogP contribution in [0.3, 0.4) is 0 Å². The smallest absolute Gasteiger partial charge is 0.291 e. The molecule has 1 aliphatic heterocycles. The van der Waals surface area contributed by atoms with Crippen LogP contribution in [0.1, 0.15) is 34.1 Å². The highest BCUT2D eigenvalue weighted by Crippen LogP contribution is 2.24. The summed E-state index contributed by atoms with van der Waals surface area (Å²) in [7, 11) is 1.69. The second-order valence-electron chi connectivity index (χ2n) is 6.98. The van der Waals surface area contributed by atoms with Crippen LogP contribution in [0.2, 0.25) is 0 Å². The molecule has 6 nitrogen and oxygen atoms in total. The second-order valence-corrected chi connectivity index (χ2v) is 6.98. The van der Waals surface area contributed by atoms with Crippen molar-refractivity contribution in [3.05, 3.63) is 53.2 Å². The summed E-state index contributed by atoms with van der Waals surface area (Å²) in [6, 6.07) is 10.2. The topological polar surface area (TPSA) is 69.8 Å². The highest BCUT2D eigenvalue weighted by atomic mass is 16.4. The summed E-state index contributed by atoms with van der Waals surface area (Å²) in [5.74, 6) is 0.485. The number of oxazole rings is 1. The first-order valence-corrected chi connectivity index (χ1v) is 8.54. The molecule has 1 unspecified atom stereocenters. The van der Waals surface area contributed by atoms with Crippen molar-refractivity contribution in [2.24, 2.45) is 0 Å². The average molecular weight is 343 g/mol. The molecular weight excluding hydrogens is 318 g/mol. The number of carbonyl (C=O) groups excluding carboxylic acids is 1. The van der Waals surface area contributed by atoms with Gasteiger partial charge in [0.15, 0.2) is 5.89 Å². The summed E-state index contributed by atoms with van der Waals surface area (Å²) in [6.07, 6.45) is 0.645. The van der Waals surface area contributed by atoms with Gasteiger partial charge in [-0.15, -0.1) is 0 Å². The minimum absolute atomic E-state index is 0.243. The Labute approximate surface area is 148 Å². The quantitative estimate of drug-likeness (QED) is 0.899. The van der Waals surface area contributed by atoms with E-state index < -0.39 is 5.60 Å². The van der Waals surface area contributed by atoms with E-state index in [4.69, 9.17) is 4.42 Å². The lowest BCUT2D eigenvalue weighted by Gasteiger charge is -2.28. The fourth-order valence-corrected chi connectivity index (χ4v) is 3.46. The van der Waals surface area contributed by atoms with Crippen molar-refractivity contribution in [3.63, 3.8) is 0 Å². The normalized spacial score (nSPS) is 20.8. The first-order valence-electron chi connectivity index (χ1n) is 8.54. The van der Waals surface area contributed by atoms with Gasteiger partial charge in [0.25, 0.3) is 5.91 Å². The zero-order chi connectivity index (χ0) is 18.0. The zero-order valence-electron chi connectivity index (χ0n) is 15.0. The van der Waals surface area contributed by atoms with Crippen LogP contribution < -0.4 is 0 Å². The Morgan fingerprint density at radius 2 is 2.08 bits per heavy atom. The summed E-state index contributed by atoms with van der Waals surface area (Å²) in [5, 5.41) is 10.9. The summed E-state index contributed by atoms with van der Waals surface area (Å²) >= 11 is 0. The first kappa shape index (κ1) is 17.6. The number of hydrogen-bond donors (Lipinski definition) is 1. The van der Waals surface area contributed by atoms with Crippen molar-refractivity contribution in [2.45, 2.75) is 32.4 Å². The van der Waals surface area contributed by atoms with Crippen LogP contribution in [0.15, 0.2) is 34.7 Å². The lowest BCUT2D eigenvalue weighted by molar-refractivity contribution is 0.0159. The number of rotatable bonds is 5. The van der Waals surface area contributed by atoms with Gasteiger partial charge in [-0.3, -0.25) is 9.69 Å². The molecule has 1 aliphatic rings. The second kappa shape index (κ2) is 6.98. The minimum atomic E-state index is -0.901. The third-order valence-corrected chi connectivity index (χ3v) is 4.64. The van der Waals surface area contributed by atoms with E-state index in [2.05, 4.69) is 22.0 Å². The van der Waals surface area contributed by atoms with Gasteiger partial charge in [-0.2, -0.15) is 0 Å². The molecule has 1 fully saturated rings. The predicted octanol–water partition coefficient (Wildman–Crippen LogP) is 2.00. The summed E-state index contributed by atoms with van der Waals surface area (Å²) in [6.45, 7) is 5.92. The number of likely N-dealkylation sites (N-methyl/N-ethyl adjacent to an activating group) is 1. The van der Waals surface area contributed by atoms with Gasteiger partial charge in [-0.05, 0) is 18.9 Å². The monoisotopic (exact) mass is 343 g/mol. The molecule has 3 rings (SSSR count). The Hall–Kier alpha value is -2.18. The molecular formula is C19H25N3O3. The molecule has 0 radical (unpaired) electrons. The van der Waals surface area contributed by atoms with Crippen LogP contribution in [-0.4, -0.2) is 58.1 Å². The van der Waals surface area contributed by atoms with Gasteiger partial charge in [-0.25, -0.2) is 4.98 Å². The number of benzene rings is 1. The third kappa shape index (κ3) is 4.08. The van der Waals surface area contributed by atoms with E-state index in [-0.39, 0.29) is 18.2 Å². The van der Waals surface area contributed by atoms with Crippen molar-refractivity contribution >= 4 is 5.91 Å². The molecule has 2 aromatic rings. The number of carbonyl (C=O) groups is 1. The standard InChI is InChI=1S/C19H25N3O3/c1-14-17(25-15(2)20-14)18(23)21(3)12-19(24)9-10-22(13-19)11-16-7-5-4-6-8-16/h4-8,24H,9-13H2,1-3H3. The van der Waals surface area contributed by atoms with Crippen molar-refractivity contribution < 1.29 is 14.3 Å². The van der Waals surface area contributed by atoms with Crippen LogP contribution in [-0.2, 0) is 6.54 Å². The molecule has 0 spiro atoms. The lowest BCUT2D eigenvalue weighted by Crippen LogP contribution is -2.45. The molecule has 1 atom stereocenters. The van der Waals surface area contributed by atoms with E-state index in [0.29, 0.717) is 24.6 Å². The maximum Gasteiger partial charge on any atom is 0.291 e. The Bertz CT molecular complexity index is 744. The van der Waals surface area contributed by atoms with Crippen molar-refractivity contribution in [2.75, 3.05) is 26.7 Å². The summed E-state index contributed by atoms with van der Waals surface area (Å²) in [5.41, 5.74) is 0.907. The number of aryl methyl sites for hydroxylation is 2. The van der Waals surface area contributed by atoms with Crippen LogP contribution in [0.4, 0.5) is 0 Å². The van der Waals surface area contributed by atoms with E-state index in [1.165, 1.54) is 10.5 Å². The average Bonchev–Trinajstić information content (AvgIpc) is 3.09. The number of aliphatic hydroxyl groups is 1. The molecule has 6 heteroatoms. The summed E-state index contributed by atoms with van der Waals surface area (Å²) in [4.78, 5) is 20.4. The molecule has 1 amide bonds. The highest BCUT2D eigenvalue weighted by Gasteiger charge is 2.38. The Balaban J connectivity index is 1.60. The van der Waals surface area contributed by atoms with Gasteiger partial charge in [-0.1, -0.05) is 30.3 Å². The molecule has 1 saturated heterocycles. The Morgan fingerprint density at radius 3 is 2.72 bits per heavy atom. The highest BCUT2D eigenvalue weighted by molar-refractivity contribution is 5.92. The van der Waals surface area contributed by atoms with E-state index in [9.17, 15) is 9.90 Å².